The van der Waals surface area contributed by atoms with Crippen LogP contribution in [0.15, 0.2) is 16.7 Å². The molecule has 0 saturated heterocycles. The lowest BCUT2D eigenvalue weighted by atomic mass is 10.2. The van der Waals surface area contributed by atoms with Crippen molar-refractivity contribution in [1.29, 1.82) is 0 Å². The van der Waals surface area contributed by atoms with Crippen LogP contribution in [0.1, 0.15) is 54.9 Å². The van der Waals surface area contributed by atoms with Crippen LogP contribution in [0.4, 0.5) is 0 Å². The average molecular weight is 396 g/mol. The lowest BCUT2D eigenvalue weighted by Gasteiger charge is -2.08. The Morgan fingerprint density at radius 2 is 2.08 bits per heavy atom. The van der Waals surface area contributed by atoms with Crippen LogP contribution in [0.3, 0.4) is 0 Å². The van der Waals surface area contributed by atoms with Crippen molar-refractivity contribution in [1.82, 2.24) is 14.7 Å². The first-order valence-electron chi connectivity index (χ1n) is 8.61. The van der Waals surface area contributed by atoms with Crippen molar-refractivity contribution in [3.05, 3.63) is 33.7 Å². The minimum Gasteiger partial charge on any atom is -0.381 e. The van der Waals surface area contributed by atoms with Crippen molar-refractivity contribution < 1.29 is 9.53 Å². The Bertz CT molecular complexity index is 697. The minimum absolute atomic E-state index is 0.0783. The summed E-state index contributed by atoms with van der Waals surface area (Å²) in [5.41, 5.74) is 3.31. The molecule has 5 nitrogen and oxygen atoms in total. The molecule has 24 heavy (non-hydrogen) atoms. The molecule has 1 N–H and O–H groups in total. The Labute approximate surface area is 151 Å². The molecule has 0 unspecified atom stereocenters. The summed E-state index contributed by atoms with van der Waals surface area (Å²) in [7, 11) is 0. The highest BCUT2D eigenvalue weighted by molar-refractivity contribution is 9.10. The van der Waals surface area contributed by atoms with Crippen molar-refractivity contribution in [2.24, 2.45) is 0 Å². The fourth-order valence-electron chi connectivity index (χ4n) is 2.57. The molecule has 0 aliphatic rings. The summed E-state index contributed by atoms with van der Waals surface area (Å²) in [5.74, 6) is -0.0783. The van der Waals surface area contributed by atoms with Gasteiger partial charge in [0.15, 0.2) is 5.65 Å². The molecular formula is C18H26BrN3O2. The summed E-state index contributed by atoms with van der Waals surface area (Å²) < 4.78 is 8.30. The first kappa shape index (κ1) is 18.9. The third-order valence-electron chi connectivity index (χ3n) is 3.83. The zero-order valence-corrected chi connectivity index (χ0v) is 16.3. The summed E-state index contributed by atoms with van der Waals surface area (Å²) >= 11 is 3.54. The molecule has 0 fully saturated rings. The highest BCUT2D eigenvalue weighted by Crippen LogP contribution is 2.23. The quantitative estimate of drug-likeness (QED) is 0.654. The van der Waals surface area contributed by atoms with E-state index < -0.39 is 0 Å². The maximum atomic E-state index is 12.6. The van der Waals surface area contributed by atoms with E-state index in [0.717, 1.165) is 53.7 Å². The number of unbranched alkanes of at least 4 members (excludes halogenated alkanes) is 1. The van der Waals surface area contributed by atoms with E-state index in [-0.39, 0.29) is 5.91 Å². The van der Waals surface area contributed by atoms with E-state index in [2.05, 4.69) is 33.2 Å². The third-order valence-corrected chi connectivity index (χ3v) is 4.41. The number of pyridine rings is 1. The second kappa shape index (κ2) is 9.18. The summed E-state index contributed by atoms with van der Waals surface area (Å²) in [6, 6.07) is 2.01. The van der Waals surface area contributed by atoms with Crippen LogP contribution >= 0.6 is 15.9 Å². The smallest absolute Gasteiger partial charge is 0.270 e. The van der Waals surface area contributed by atoms with E-state index in [4.69, 9.17) is 4.74 Å². The van der Waals surface area contributed by atoms with Crippen LogP contribution in [0.2, 0.25) is 0 Å². The van der Waals surface area contributed by atoms with Gasteiger partial charge in [-0.1, -0.05) is 20.3 Å². The number of ether oxygens (including phenoxy) is 1. The topological polar surface area (TPSA) is 55.6 Å². The maximum absolute atomic E-state index is 12.6. The van der Waals surface area contributed by atoms with Crippen LogP contribution in [0.5, 0.6) is 0 Å². The van der Waals surface area contributed by atoms with E-state index in [1.54, 1.807) is 0 Å². The average Bonchev–Trinajstić information content (AvgIpc) is 2.92. The van der Waals surface area contributed by atoms with Gasteiger partial charge in [-0.25, -0.2) is 4.98 Å². The number of nitrogens with one attached hydrogen (secondary N) is 1. The SMILES string of the molecule is CCCCOCCCNC(=O)c1c(CC)nc2c(Br)cc(C)cn12. The Balaban J connectivity index is 2.03. The first-order valence-corrected chi connectivity index (χ1v) is 9.40. The number of carbonyl (C=O) groups excluding carboxylic acids is 1. The van der Waals surface area contributed by atoms with E-state index >= 15 is 0 Å². The largest absolute Gasteiger partial charge is 0.381 e. The number of hydrogen-bond acceptors (Lipinski definition) is 3. The number of nitrogens with zero attached hydrogens (tertiary/aromatic N) is 2. The molecule has 0 saturated carbocycles. The van der Waals surface area contributed by atoms with E-state index in [9.17, 15) is 4.79 Å². The van der Waals surface area contributed by atoms with E-state index in [1.165, 1.54) is 0 Å². The number of amides is 1. The number of rotatable bonds is 9. The standard InChI is InChI=1S/C18H26BrN3O2/c1-4-6-9-24-10-7-8-20-18(23)16-15(5-2)21-17-14(19)11-13(3)12-22(16)17/h11-12H,4-10H2,1-3H3,(H,20,23). The van der Waals surface area contributed by atoms with Gasteiger partial charge in [-0.05, 0) is 53.7 Å². The van der Waals surface area contributed by atoms with Crippen molar-refractivity contribution in [2.75, 3.05) is 19.8 Å². The van der Waals surface area contributed by atoms with Gasteiger partial charge in [-0.3, -0.25) is 9.20 Å². The number of aryl methyl sites for hydroxylation is 2. The summed E-state index contributed by atoms with van der Waals surface area (Å²) in [5, 5.41) is 2.99. The number of carbonyl (C=O) groups is 1. The molecule has 2 rings (SSSR count). The fraction of sp³-hybridized carbons (Fsp3) is 0.556. The fourth-order valence-corrected chi connectivity index (χ4v) is 3.22. The zero-order valence-electron chi connectivity index (χ0n) is 14.7. The molecule has 0 aliphatic heterocycles. The molecule has 0 atom stereocenters. The van der Waals surface area contributed by atoms with Crippen molar-refractivity contribution in [3.63, 3.8) is 0 Å². The van der Waals surface area contributed by atoms with Gasteiger partial charge in [0.25, 0.3) is 5.91 Å². The first-order chi connectivity index (χ1) is 11.6. The number of imidazole rings is 1. The molecule has 0 aliphatic carbocycles. The Morgan fingerprint density at radius 3 is 2.79 bits per heavy atom. The summed E-state index contributed by atoms with van der Waals surface area (Å²) in [4.78, 5) is 17.2. The van der Waals surface area contributed by atoms with Gasteiger partial charge in [0.05, 0.1) is 10.2 Å². The molecule has 2 aromatic rings. The lowest BCUT2D eigenvalue weighted by molar-refractivity contribution is 0.0933. The summed E-state index contributed by atoms with van der Waals surface area (Å²) in [6.07, 6.45) is 5.71. The molecule has 132 valence electrons. The molecular weight excluding hydrogens is 370 g/mol. The van der Waals surface area contributed by atoms with E-state index in [1.807, 2.05) is 30.5 Å². The third kappa shape index (κ3) is 4.57. The molecule has 6 heteroatoms. The monoisotopic (exact) mass is 395 g/mol. The van der Waals surface area contributed by atoms with Gasteiger partial charge >= 0.3 is 0 Å². The summed E-state index contributed by atoms with van der Waals surface area (Å²) in [6.45, 7) is 8.24. The molecule has 0 spiro atoms. The van der Waals surface area contributed by atoms with Gasteiger partial charge in [0.2, 0.25) is 0 Å². The van der Waals surface area contributed by atoms with Gasteiger partial charge in [-0.2, -0.15) is 0 Å². The number of aromatic nitrogens is 2. The number of fused-ring (bicyclic) bond motifs is 1. The lowest BCUT2D eigenvalue weighted by Crippen LogP contribution is -2.27. The van der Waals surface area contributed by atoms with Gasteiger partial charge in [0.1, 0.15) is 5.69 Å². The highest BCUT2D eigenvalue weighted by Gasteiger charge is 2.19. The van der Waals surface area contributed by atoms with Gasteiger partial charge in [0, 0.05) is 26.0 Å². The van der Waals surface area contributed by atoms with Crippen LogP contribution in [0.25, 0.3) is 5.65 Å². The molecule has 0 radical (unpaired) electrons. The number of halogens is 1. The normalized spacial score (nSPS) is 11.2. The molecule has 2 heterocycles. The molecule has 2 aromatic heterocycles. The molecule has 1 amide bonds. The zero-order chi connectivity index (χ0) is 17.5. The second-order valence-corrected chi connectivity index (χ2v) is 6.75. The second-order valence-electron chi connectivity index (χ2n) is 5.90. The number of hydrogen-bond donors (Lipinski definition) is 1. The van der Waals surface area contributed by atoms with E-state index in [0.29, 0.717) is 18.8 Å². The van der Waals surface area contributed by atoms with Crippen molar-refractivity contribution in [2.45, 2.75) is 46.5 Å². The predicted molar refractivity (Wildman–Crippen MR) is 99.7 cm³/mol. The Kier molecular flexibility index (Phi) is 7.24. The Morgan fingerprint density at radius 1 is 1.33 bits per heavy atom. The molecule has 0 aromatic carbocycles. The minimum atomic E-state index is -0.0783. The molecule has 0 bridgehead atoms. The predicted octanol–water partition coefficient (Wildman–Crippen LogP) is 3.90. The highest BCUT2D eigenvalue weighted by atomic mass is 79.9. The van der Waals surface area contributed by atoms with Crippen LogP contribution in [-0.2, 0) is 11.2 Å². The maximum Gasteiger partial charge on any atom is 0.270 e. The van der Waals surface area contributed by atoms with Crippen LogP contribution in [0, 0.1) is 6.92 Å². The van der Waals surface area contributed by atoms with Crippen molar-refractivity contribution >= 4 is 27.5 Å². The van der Waals surface area contributed by atoms with Crippen LogP contribution < -0.4 is 5.32 Å². The van der Waals surface area contributed by atoms with Crippen LogP contribution in [-0.4, -0.2) is 35.1 Å². The van der Waals surface area contributed by atoms with Gasteiger partial charge < -0.3 is 10.1 Å². The Hall–Kier alpha value is -1.40. The van der Waals surface area contributed by atoms with Gasteiger partial charge in [-0.15, -0.1) is 0 Å². The van der Waals surface area contributed by atoms with Crippen molar-refractivity contribution in [3.8, 4) is 0 Å².